The van der Waals surface area contributed by atoms with E-state index in [4.69, 9.17) is 8.83 Å². The van der Waals surface area contributed by atoms with Crippen LogP contribution in [0.4, 0.5) is 0 Å². The van der Waals surface area contributed by atoms with Crippen molar-refractivity contribution in [2.24, 2.45) is 4.99 Å². The summed E-state index contributed by atoms with van der Waals surface area (Å²) in [6.07, 6.45) is 3.36. The maximum Gasteiger partial charge on any atom is 0.226 e. The molecule has 0 aliphatic rings. The molecule has 3 aromatic rings. The number of nitrogens with one attached hydrogen (secondary N) is 2. The number of aliphatic imine (C=N–C) groups is 1. The number of furan rings is 1. The van der Waals surface area contributed by atoms with E-state index < -0.39 is 0 Å². The van der Waals surface area contributed by atoms with Crippen LogP contribution in [-0.2, 0) is 6.54 Å². The first-order valence-electron chi connectivity index (χ1n) is 9.80. The van der Waals surface area contributed by atoms with Crippen LogP contribution in [0.3, 0.4) is 0 Å². The summed E-state index contributed by atoms with van der Waals surface area (Å²) >= 11 is 0. The lowest BCUT2D eigenvalue weighted by atomic mass is 10.1. The van der Waals surface area contributed by atoms with E-state index >= 15 is 0 Å². The topological polar surface area (TPSA) is 78.8 Å². The third-order valence-corrected chi connectivity index (χ3v) is 4.55. The molecule has 0 spiro atoms. The van der Waals surface area contributed by atoms with Crippen molar-refractivity contribution < 1.29 is 8.83 Å². The zero-order chi connectivity index (χ0) is 20.6. The molecule has 0 aliphatic carbocycles. The summed E-state index contributed by atoms with van der Waals surface area (Å²) in [4.78, 5) is 11.3. The number of nitrogens with zero attached hydrogens (tertiary/aromatic N) is 3. The molecule has 1 unspecified atom stereocenters. The highest BCUT2D eigenvalue weighted by atomic mass is 16.3. The molecule has 3 rings (SSSR count). The molecule has 0 aliphatic heterocycles. The van der Waals surface area contributed by atoms with Gasteiger partial charge in [0.25, 0.3) is 0 Å². The van der Waals surface area contributed by atoms with Gasteiger partial charge < -0.3 is 19.5 Å². The second-order valence-electron chi connectivity index (χ2n) is 7.08. The molecule has 0 radical (unpaired) electrons. The predicted molar refractivity (Wildman–Crippen MR) is 115 cm³/mol. The van der Waals surface area contributed by atoms with Gasteiger partial charge in [-0.15, -0.1) is 0 Å². The van der Waals surface area contributed by atoms with E-state index in [1.165, 1.54) is 5.56 Å². The number of likely N-dealkylation sites (N-methyl/N-ethyl adjacent to an activating group) is 1. The summed E-state index contributed by atoms with van der Waals surface area (Å²) in [5.74, 6) is 2.25. The van der Waals surface area contributed by atoms with Gasteiger partial charge in [0.05, 0.1) is 18.8 Å². The van der Waals surface area contributed by atoms with Crippen molar-refractivity contribution in [3.63, 3.8) is 0 Å². The van der Waals surface area contributed by atoms with Gasteiger partial charge in [0.1, 0.15) is 17.7 Å². The van der Waals surface area contributed by atoms with Crippen LogP contribution < -0.4 is 10.6 Å². The predicted octanol–water partition coefficient (Wildman–Crippen LogP) is 3.60. The van der Waals surface area contributed by atoms with E-state index in [-0.39, 0.29) is 6.04 Å². The van der Waals surface area contributed by atoms with Crippen LogP contribution >= 0.6 is 0 Å². The quantitative estimate of drug-likeness (QED) is 0.448. The van der Waals surface area contributed by atoms with Crippen LogP contribution in [0.5, 0.6) is 0 Å². The summed E-state index contributed by atoms with van der Waals surface area (Å²) in [6.45, 7) is 5.96. The van der Waals surface area contributed by atoms with Gasteiger partial charge in [0.15, 0.2) is 5.96 Å². The van der Waals surface area contributed by atoms with Crippen LogP contribution in [0.15, 0.2) is 62.8 Å². The van der Waals surface area contributed by atoms with Gasteiger partial charge in [0, 0.05) is 18.7 Å². The van der Waals surface area contributed by atoms with Crippen LogP contribution in [0.2, 0.25) is 0 Å². The largest absolute Gasteiger partial charge is 0.468 e. The third-order valence-electron chi connectivity index (χ3n) is 4.55. The first-order chi connectivity index (χ1) is 14.1. The Bertz CT molecular complexity index is 898. The average Bonchev–Trinajstić information content (AvgIpc) is 3.39. The molecule has 0 saturated carbocycles. The van der Waals surface area contributed by atoms with Crippen LogP contribution in [0, 0.1) is 6.92 Å². The lowest BCUT2D eigenvalue weighted by Crippen LogP contribution is -2.41. The van der Waals surface area contributed by atoms with Gasteiger partial charge in [-0.25, -0.2) is 9.98 Å². The number of benzene rings is 1. The van der Waals surface area contributed by atoms with Crippen molar-refractivity contribution in [1.82, 2.24) is 20.5 Å². The molecule has 0 fully saturated rings. The van der Waals surface area contributed by atoms with Crippen molar-refractivity contribution in [3.8, 4) is 11.5 Å². The fourth-order valence-electron chi connectivity index (χ4n) is 2.92. The smallest absolute Gasteiger partial charge is 0.226 e. The van der Waals surface area contributed by atoms with Crippen LogP contribution in [-0.4, -0.2) is 43.0 Å². The second-order valence-corrected chi connectivity index (χ2v) is 7.08. The van der Waals surface area contributed by atoms with Gasteiger partial charge in [-0.3, -0.25) is 4.90 Å². The minimum Gasteiger partial charge on any atom is -0.468 e. The molecule has 2 heterocycles. The number of hydrogen-bond donors (Lipinski definition) is 2. The number of aromatic nitrogens is 1. The fourth-order valence-corrected chi connectivity index (χ4v) is 2.92. The zero-order valence-electron chi connectivity index (χ0n) is 17.5. The lowest BCUT2D eigenvalue weighted by Gasteiger charge is -2.23. The van der Waals surface area contributed by atoms with E-state index in [0.717, 1.165) is 29.5 Å². The molecule has 0 amide bonds. The van der Waals surface area contributed by atoms with E-state index in [0.29, 0.717) is 19.0 Å². The summed E-state index contributed by atoms with van der Waals surface area (Å²) in [5, 5.41) is 6.65. The molecule has 7 nitrogen and oxygen atoms in total. The van der Waals surface area contributed by atoms with Crippen LogP contribution in [0.1, 0.15) is 30.0 Å². The van der Waals surface area contributed by atoms with E-state index in [1.807, 2.05) is 57.4 Å². The van der Waals surface area contributed by atoms with Gasteiger partial charge in [0.2, 0.25) is 5.89 Å². The van der Waals surface area contributed by atoms with E-state index in [1.54, 1.807) is 12.5 Å². The van der Waals surface area contributed by atoms with Gasteiger partial charge in [-0.05, 0) is 52.2 Å². The highest BCUT2D eigenvalue weighted by molar-refractivity contribution is 5.79. The maximum atomic E-state index is 5.62. The summed E-state index contributed by atoms with van der Waals surface area (Å²) < 4.78 is 11.2. The first-order valence-corrected chi connectivity index (χ1v) is 9.80. The summed E-state index contributed by atoms with van der Waals surface area (Å²) in [7, 11) is 4.06. The normalized spacial score (nSPS) is 12.9. The SMILES string of the molecule is CCNC(=NCc1coc(-c2ccc(C)cc2)n1)NCC(c1ccco1)N(C)C. The Kier molecular flexibility index (Phi) is 7.08. The number of guanidine groups is 1. The minimum absolute atomic E-state index is 0.106. The Morgan fingerprint density at radius 3 is 2.59 bits per heavy atom. The van der Waals surface area contributed by atoms with Crippen molar-refractivity contribution in [3.05, 3.63) is 65.9 Å². The fraction of sp³-hybridized carbons (Fsp3) is 0.364. The van der Waals surface area contributed by atoms with Crippen molar-refractivity contribution >= 4 is 5.96 Å². The number of aryl methyl sites for hydroxylation is 1. The Morgan fingerprint density at radius 2 is 1.93 bits per heavy atom. The summed E-state index contributed by atoms with van der Waals surface area (Å²) in [6, 6.07) is 12.1. The Morgan fingerprint density at radius 1 is 1.14 bits per heavy atom. The Balaban J connectivity index is 1.64. The zero-order valence-corrected chi connectivity index (χ0v) is 17.5. The molecule has 0 saturated heterocycles. The van der Waals surface area contributed by atoms with E-state index in [2.05, 4.69) is 32.4 Å². The second kappa shape index (κ2) is 9.93. The number of rotatable bonds is 8. The summed E-state index contributed by atoms with van der Waals surface area (Å²) in [5.41, 5.74) is 2.95. The lowest BCUT2D eigenvalue weighted by molar-refractivity contribution is 0.258. The first kappa shape index (κ1) is 20.7. The molecule has 2 N–H and O–H groups in total. The third kappa shape index (κ3) is 5.71. The number of oxazole rings is 1. The molecular weight excluding hydrogens is 366 g/mol. The monoisotopic (exact) mass is 395 g/mol. The highest BCUT2D eigenvalue weighted by Gasteiger charge is 2.17. The highest BCUT2D eigenvalue weighted by Crippen LogP contribution is 2.20. The maximum absolute atomic E-state index is 5.62. The van der Waals surface area contributed by atoms with Gasteiger partial charge >= 0.3 is 0 Å². The van der Waals surface area contributed by atoms with Crippen LogP contribution in [0.25, 0.3) is 11.5 Å². The van der Waals surface area contributed by atoms with Gasteiger partial charge in [-0.1, -0.05) is 17.7 Å². The van der Waals surface area contributed by atoms with Gasteiger partial charge in [-0.2, -0.15) is 0 Å². The molecule has 1 aromatic carbocycles. The van der Waals surface area contributed by atoms with Crippen molar-refractivity contribution in [2.75, 3.05) is 27.2 Å². The Hall–Kier alpha value is -3.06. The van der Waals surface area contributed by atoms with Crippen molar-refractivity contribution in [2.45, 2.75) is 26.4 Å². The number of hydrogen-bond acceptors (Lipinski definition) is 5. The molecule has 7 heteroatoms. The average molecular weight is 396 g/mol. The molecule has 0 bridgehead atoms. The Labute approximate surface area is 171 Å². The molecular formula is C22H29N5O2. The molecule has 1 atom stereocenters. The minimum atomic E-state index is 0.106. The molecule has 154 valence electrons. The van der Waals surface area contributed by atoms with Crippen molar-refractivity contribution in [1.29, 1.82) is 0 Å². The standard InChI is InChI=1S/C22H29N5O2/c1-5-23-22(25-14-19(27(3)4)20-7-6-12-28-20)24-13-18-15-29-21(26-18)17-10-8-16(2)9-11-17/h6-12,15,19H,5,13-14H2,1-4H3,(H2,23,24,25). The van der Waals surface area contributed by atoms with E-state index in [9.17, 15) is 0 Å². The molecule has 29 heavy (non-hydrogen) atoms. The molecule has 2 aromatic heterocycles.